The standard InChI is InChI=1S/C17H18N2OS/c1-11(2)16(15-4-3-9-21-15)19-17(20)13-6-5-12-7-8-18-14(12)10-13/h3-11,16,18H,1-2H3,(H,19,20)/t16-/m1/s1. The zero-order valence-electron chi connectivity index (χ0n) is 12.1. The fourth-order valence-electron chi connectivity index (χ4n) is 2.45. The molecule has 21 heavy (non-hydrogen) atoms. The van der Waals surface area contributed by atoms with Crippen molar-refractivity contribution in [2.45, 2.75) is 19.9 Å². The number of benzene rings is 1. The minimum atomic E-state index is -0.0291. The topological polar surface area (TPSA) is 44.9 Å². The van der Waals surface area contributed by atoms with E-state index in [9.17, 15) is 4.79 Å². The minimum absolute atomic E-state index is 0.0291. The number of rotatable bonds is 4. The molecule has 3 rings (SSSR count). The zero-order valence-corrected chi connectivity index (χ0v) is 12.9. The number of H-pyrrole nitrogens is 1. The number of hydrogen-bond acceptors (Lipinski definition) is 2. The van der Waals surface area contributed by atoms with Gasteiger partial charge in [-0.25, -0.2) is 0 Å². The molecule has 1 atom stereocenters. The van der Waals surface area contributed by atoms with E-state index in [2.05, 4.69) is 30.2 Å². The molecule has 3 nitrogen and oxygen atoms in total. The van der Waals surface area contributed by atoms with E-state index in [1.165, 1.54) is 4.88 Å². The molecule has 2 heterocycles. The van der Waals surface area contributed by atoms with Gasteiger partial charge in [-0.2, -0.15) is 0 Å². The Morgan fingerprint density at radius 1 is 1.24 bits per heavy atom. The number of aromatic nitrogens is 1. The van der Waals surface area contributed by atoms with Gasteiger partial charge in [-0.3, -0.25) is 4.79 Å². The lowest BCUT2D eigenvalue weighted by Crippen LogP contribution is -2.31. The van der Waals surface area contributed by atoms with Gasteiger partial charge in [0.15, 0.2) is 0 Å². The summed E-state index contributed by atoms with van der Waals surface area (Å²) in [6, 6.07) is 11.9. The summed E-state index contributed by atoms with van der Waals surface area (Å²) in [6.07, 6.45) is 1.88. The first kappa shape index (κ1) is 13.9. The number of fused-ring (bicyclic) bond motifs is 1. The van der Waals surface area contributed by atoms with Crippen LogP contribution in [0.15, 0.2) is 48.0 Å². The van der Waals surface area contributed by atoms with Crippen molar-refractivity contribution in [2.75, 3.05) is 0 Å². The van der Waals surface area contributed by atoms with Crippen LogP contribution in [-0.4, -0.2) is 10.9 Å². The lowest BCUT2D eigenvalue weighted by molar-refractivity contribution is 0.0926. The third kappa shape index (κ3) is 2.85. The first-order chi connectivity index (χ1) is 10.1. The van der Waals surface area contributed by atoms with E-state index < -0.39 is 0 Å². The monoisotopic (exact) mass is 298 g/mol. The van der Waals surface area contributed by atoms with Crippen LogP contribution in [0.1, 0.15) is 35.1 Å². The number of carbonyl (C=O) groups excluding carboxylic acids is 1. The second kappa shape index (κ2) is 5.74. The fourth-order valence-corrected chi connectivity index (χ4v) is 3.40. The van der Waals surface area contributed by atoms with Gasteiger partial charge in [0, 0.05) is 22.2 Å². The highest BCUT2D eigenvalue weighted by Gasteiger charge is 2.20. The maximum atomic E-state index is 12.5. The van der Waals surface area contributed by atoms with E-state index >= 15 is 0 Å². The van der Waals surface area contributed by atoms with Crippen molar-refractivity contribution in [3.63, 3.8) is 0 Å². The molecule has 1 amide bonds. The van der Waals surface area contributed by atoms with Crippen molar-refractivity contribution in [3.05, 3.63) is 58.4 Å². The van der Waals surface area contributed by atoms with E-state index in [0.29, 0.717) is 11.5 Å². The molecule has 4 heteroatoms. The maximum absolute atomic E-state index is 12.5. The number of amides is 1. The summed E-state index contributed by atoms with van der Waals surface area (Å²) in [7, 11) is 0. The third-order valence-corrected chi connectivity index (χ3v) is 4.58. The average Bonchev–Trinajstić information content (AvgIpc) is 3.14. The highest BCUT2D eigenvalue weighted by atomic mass is 32.1. The summed E-state index contributed by atoms with van der Waals surface area (Å²) >= 11 is 1.68. The second-order valence-corrected chi connectivity index (χ2v) is 6.47. The number of aromatic amines is 1. The molecule has 0 aliphatic carbocycles. The number of carbonyl (C=O) groups is 1. The zero-order chi connectivity index (χ0) is 14.8. The first-order valence-electron chi connectivity index (χ1n) is 7.06. The van der Waals surface area contributed by atoms with Crippen LogP contribution in [0.3, 0.4) is 0 Å². The van der Waals surface area contributed by atoms with Crippen LogP contribution in [0.25, 0.3) is 10.9 Å². The molecule has 0 bridgehead atoms. The van der Waals surface area contributed by atoms with Crippen LogP contribution >= 0.6 is 11.3 Å². The quantitative estimate of drug-likeness (QED) is 0.738. The van der Waals surface area contributed by atoms with Crippen LogP contribution in [0.5, 0.6) is 0 Å². The molecule has 2 N–H and O–H groups in total. The molecule has 0 radical (unpaired) electrons. The van der Waals surface area contributed by atoms with Gasteiger partial charge in [0.05, 0.1) is 6.04 Å². The van der Waals surface area contributed by atoms with Crippen molar-refractivity contribution in [3.8, 4) is 0 Å². The molecule has 0 saturated carbocycles. The summed E-state index contributed by atoms with van der Waals surface area (Å²) in [5.74, 6) is 0.320. The van der Waals surface area contributed by atoms with Gasteiger partial charge in [0.1, 0.15) is 0 Å². The van der Waals surface area contributed by atoms with Crippen molar-refractivity contribution >= 4 is 28.1 Å². The summed E-state index contributed by atoms with van der Waals surface area (Å²) in [5.41, 5.74) is 1.67. The predicted octanol–water partition coefficient (Wildman–Crippen LogP) is 4.36. The van der Waals surface area contributed by atoms with Gasteiger partial charge in [-0.05, 0) is 40.9 Å². The van der Waals surface area contributed by atoms with Crippen LogP contribution in [-0.2, 0) is 0 Å². The molecular formula is C17H18N2OS. The van der Waals surface area contributed by atoms with E-state index in [1.54, 1.807) is 11.3 Å². The molecule has 0 saturated heterocycles. The van der Waals surface area contributed by atoms with E-state index in [1.807, 2.05) is 41.9 Å². The Morgan fingerprint density at radius 3 is 2.81 bits per heavy atom. The Balaban J connectivity index is 1.83. The average molecular weight is 298 g/mol. The van der Waals surface area contributed by atoms with E-state index in [0.717, 1.165) is 10.9 Å². The van der Waals surface area contributed by atoms with Crippen molar-refractivity contribution in [1.82, 2.24) is 10.3 Å². The van der Waals surface area contributed by atoms with Crippen LogP contribution in [0, 0.1) is 5.92 Å². The lowest BCUT2D eigenvalue weighted by atomic mass is 10.0. The van der Waals surface area contributed by atoms with E-state index in [-0.39, 0.29) is 11.9 Å². The highest BCUT2D eigenvalue weighted by molar-refractivity contribution is 7.10. The van der Waals surface area contributed by atoms with Crippen LogP contribution < -0.4 is 5.32 Å². The smallest absolute Gasteiger partial charge is 0.251 e. The fraction of sp³-hybridized carbons (Fsp3) is 0.235. The number of thiophene rings is 1. The Morgan fingerprint density at radius 2 is 2.10 bits per heavy atom. The van der Waals surface area contributed by atoms with E-state index in [4.69, 9.17) is 0 Å². The Hall–Kier alpha value is -2.07. The van der Waals surface area contributed by atoms with Crippen LogP contribution in [0.2, 0.25) is 0 Å². The Bertz CT molecular complexity index is 743. The largest absolute Gasteiger partial charge is 0.361 e. The molecule has 0 aliphatic heterocycles. The van der Waals surface area contributed by atoms with Gasteiger partial charge in [0.25, 0.3) is 5.91 Å². The molecular weight excluding hydrogens is 280 g/mol. The van der Waals surface area contributed by atoms with Crippen molar-refractivity contribution in [1.29, 1.82) is 0 Å². The molecule has 1 aromatic carbocycles. The van der Waals surface area contributed by atoms with Gasteiger partial charge < -0.3 is 10.3 Å². The Labute approximate surface area is 128 Å². The SMILES string of the molecule is CC(C)[C@@H](NC(=O)c1ccc2cc[nH]c2c1)c1cccs1. The third-order valence-electron chi connectivity index (χ3n) is 3.62. The predicted molar refractivity (Wildman–Crippen MR) is 87.7 cm³/mol. The molecule has 0 unspecified atom stereocenters. The van der Waals surface area contributed by atoms with Gasteiger partial charge >= 0.3 is 0 Å². The highest BCUT2D eigenvalue weighted by Crippen LogP contribution is 2.26. The van der Waals surface area contributed by atoms with Gasteiger partial charge in [0.2, 0.25) is 0 Å². The summed E-state index contributed by atoms with van der Waals surface area (Å²) in [6.45, 7) is 4.25. The maximum Gasteiger partial charge on any atom is 0.251 e. The van der Waals surface area contributed by atoms with Gasteiger partial charge in [-0.1, -0.05) is 26.0 Å². The molecule has 2 aromatic heterocycles. The number of nitrogens with one attached hydrogen (secondary N) is 2. The lowest BCUT2D eigenvalue weighted by Gasteiger charge is -2.21. The summed E-state index contributed by atoms with van der Waals surface area (Å²) < 4.78 is 0. The second-order valence-electron chi connectivity index (χ2n) is 5.49. The molecule has 0 spiro atoms. The molecule has 0 aliphatic rings. The van der Waals surface area contributed by atoms with Gasteiger partial charge in [-0.15, -0.1) is 11.3 Å². The normalized spacial score (nSPS) is 12.7. The Kier molecular flexibility index (Phi) is 3.80. The molecule has 108 valence electrons. The molecule has 3 aromatic rings. The van der Waals surface area contributed by atoms with Crippen molar-refractivity contribution in [2.24, 2.45) is 5.92 Å². The number of hydrogen-bond donors (Lipinski definition) is 2. The summed E-state index contributed by atoms with van der Waals surface area (Å²) in [5, 5.41) is 6.31. The summed E-state index contributed by atoms with van der Waals surface area (Å²) in [4.78, 5) is 16.8. The van der Waals surface area contributed by atoms with Crippen LogP contribution in [0.4, 0.5) is 0 Å². The van der Waals surface area contributed by atoms with Crippen molar-refractivity contribution < 1.29 is 4.79 Å². The minimum Gasteiger partial charge on any atom is -0.361 e. The molecule has 0 fully saturated rings. The first-order valence-corrected chi connectivity index (χ1v) is 7.94.